The third-order valence-electron chi connectivity index (χ3n) is 7.32. The quantitative estimate of drug-likeness (QED) is 0.499. The molecule has 170 valence electrons. The van der Waals surface area contributed by atoms with Gasteiger partial charge in [-0.3, -0.25) is 0 Å². The van der Waals surface area contributed by atoms with Crippen LogP contribution in [0.25, 0.3) is 17.0 Å². The van der Waals surface area contributed by atoms with Crippen molar-refractivity contribution >= 4 is 11.5 Å². The molecule has 2 fully saturated rings. The molecule has 4 aromatic rings. The fourth-order valence-electron chi connectivity index (χ4n) is 5.68. The minimum absolute atomic E-state index is 0.127. The smallest absolute Gasteiger partial charge is 0.158 e. The van der Waals surface area contributed by atoms with Crippen LogP contribution in [0.15, 0.2) is 40.9 Å². The van der Waals surface area contributed by atoms with E-state index in [9.17, 15) is 9.50 Å². The normalized spacial score (nSPS) is 24.7. The lowest BCUT2D eigenvalue weighted by Gasteiger charge is -2.45. The molecule has 2 aliphatic rings. The number of rotatable bonds is 3. The third-order valence-corrected chi connectivity index (χ3v) is 7.32. The Kier molecular flexibility index (Phi) is 4.39. The van der Waals surface area contributed by atoms with Crippen LogP contribution in [0, 0.1) is 26.6 Å². The number of hydrogen-bond donors (Lipinski definition) is 1. The molecule has 2 bridgehead atoms. The van der Waals surface area contributed by atoms with Gasteiger partial charge in [-0.25, -0.2) is 9.37 Å². The highest BCUT2D eigenvalue weighted by atomic mass is 19.1. The molecule has 1 N–H and O–H groups in total. The molecule has 0 spiro atoms. The van der Waals surface area contributed by atoms with Crippen LogP contribution in [0.4, 0.5) is 10.2 Å². The number of benzene rings is 1. The van der Waals surface area contributed by atoms with Gasteiger partial charge in [-0.1, -0.05) is 17.3 Å². The van der Waals surface area contributed by atoms with E-state index in [1.165, 1.54) is 12.1 Å². The second kappa shape index (κ2) is 7.12. The van der Waals surface area contributed by atoms with Gasteiger partial charge in [-0.05, 0) is 51.3 Å². The zero-order valence-corrected chi connectivity index (χ0v) is 18.9. The van der Waals surface area contributed by atoms with Crippen molar-refractivity contribution in [2.24, 2.45) is 0 Å². The zero-order valence-electron chi connectivity index (χ0n) is 18.9. The van der Waals surface area contributed by atoms with Gasteiger partial charge in [0, 0.05) is 48.3 Å². The number of nitrogens with zero attached hydrogens (tertiary/aromatic N) is 5. The first-order valence-electron chi connectivity index (χ1n) is 11.4. The number of fused-ring (bicyclic) bond motifs is 3. The monoisotopic (exact) mass is 447 g/mol. The molecule has 6 rings (SSSR count). The maximum Gasteiger partial charge on any atom is 0.158 e. The predicted octanol–water partition coefficient (Wildman–Crippen LogP) is 4.47. The van der Waals surface area contributed by atoms with E-state index in [1.807, 2.05) is 36.6 Å². The summed E-state index contributed by atoms with van der Waals surface area (Å²) in [5.74, 6) is 1.43. The summed E-state index contributed by atoms with van der Waals surface area (Å²) in [6.07, 6.45) is 3.04. The topological polar surface area (TPSA) is 79.7 Å². The van der Waals surface area contributed by atoms with Gasteiger partial charge in [-0.15, -0.1) is 0 Å². The van der Waals surface area contributed by atoms with Crippen molar-refractivity contribution < 1.29 is 14.0 Å². The Labute approximate surface area is 190 Å². The van der Waals surface area contributed by atoms with Crippen molar-refractivity contribution in [3.63, 3.8) is 0 Å². The predicted molar refractivity (Wildman–Crippen MR) is 122 cm³/mol. The minimum atomic E-state index is -1.03. The van der Waals surface area contributed by atoms with Gasteiger partial charge in [0.25, 0.3) is 0 Å². The van der Waals surface area contributed by atoms with Gasteiger partial charge >= 0.3 is 0 Å². The molecule has 2 aliphatic heterocycles. The van der Waals surface area contributed by atoms with Crippen LogP contribution in [-0.2, 0) is 5.60 Å². The number of aromatic nitrogens is 4. The lowest BCUT2D eigenvalue weighted by atomic mass is 9.80. The fourth-order valence-corrected chi connectivity index (χ4v) is 5.68. The van der Waals surface area contributed by atoms with Gasteiger partial charge < -0.3 is 14.5 Å². The highest BCUT2D eigenvalue weighted by Gasteiger charge is 2.49. The summed E-state index contributed by atoms with van der Waals surface area (Å²) in [5, 5.41) is 20.5. The van der Waals surface area contributed by atoms with E-state index >= 15 is 0 Å². The standard InChI is InChI=1S/C25H26FN5O2/c1-14-9-22(29-33-14)21-11-23-27-16(3)15(2)24(31(23)28-21)30-19-7-8-20(30)13-25(32,12-19)17-5-4-6-18(26)10-17/h4-6,9-11,19-20,32H,7-8,12-13H2,1-3H3/t19-,20-/m0/s1. The van der Waals surface area contributed by atoms with Crippen LogP contribution < -0.4 is 4.90 Å². The van der Waals surface area contributed by atoms with E-state index in [2.05, 4.69) is 17.0 Å². The number of aryl methyl sites for hydroxylation is 2. The summed E-state index contributed by atoms with van der Waals surface area (Å²) < 4.78 is 21.1. The molecule has 3 aromatic heterocycles. The van der Waals surface area contributed by atoms with Crippen LogP contribution in [0.2, 0.25) is 0 Å². The molecule has 0 amide bonds. The van der Waals surface area contributed by atoms with Crippen LogP contribution >= 0.6 is 0 Å². The summed E-state index contributed by atoms with van der Waals surface area (Å²) in [7, 11) is 0. The fraction of sp³-hybridized carbons (Fsp3) is 0.400. The second-order valence-electron chi connectivity index (χ2n) is 9.51. The molecule has 8 heteroatoms. The molecule has 0 saturated carbocycles. The largest absolute Gasteiger partial charge is 0.385 e. The van der Waals surface area contributed by atoms with Gasteiger partial charge in [0.2, 0.25) is 0 Å². The summed E-state index contributed by atoms with van der Waals surface area (Å²) in [6, 6.07) is 10.4. The lowest BCUT2D eigenvalue weighted by molar-refractivity contribution is -0.00356. The van der Waals surface area contributed by atoms with Crippen LogP contribution in [0.1, 0.15) is 48.3 Å². The van der Waals surface area contributed by atoms with Crippen molar-refractivity contribution in [3.05, 3.63) is 64.8 Å². The highest BCUT2D eigenvalue weighted by molar-refractivity contribution is 5.65. The molecule has 5 heterocycles. The number of hydrogen-bond acceptors (Lipinski definition) is 6. The third kappa shape index (κ3) is 3.15. The highest BCUT2D eigenvalue weighted by Crippen LogP contribution is 2.48. The van der Waals surface area contributed by atoms with E-state index in [1.54, 1.807) is 6.07 Å². The first kappa shape index (κ1) is 20.4. The molecule has 1 aromatic carbocycles. The van der Waals surface area contributed by atoms with Crippen molar-refractivity contribution in [3.8, 4) is 11.4 Å². The number of halogens is 1. The van der Waals surface area contributed by atoms with E-state index in [4.69, 9.17) is 14.6 Å². The molecule has 0 radical (unpaired) electrons. The van der Waals surface area contributed by atoms with Crippen molar-refractivity contribution in [1.82, 2.24) is 19.8 Å². The lowest BCUT2D eigenvalue weighted by Crippen LogP contribution is -2.50. The second-order valence-corrected chi connectivity index (χ2v) is 9.51. The van der Waals surface area contributed by atoms with Crippen LogP contribution in [-0.4, -0.2) is 36.9 Å². The van der Waals surface area contributed by atoms with E-state index in [0.29, 0.717) is 29.8 Å². The molecule has 7 nitrogen and oxygen atoms in total. The maximum absolute atomic E-state index is 13.9. The first-order chi connectivity index (χ1) is 15.8. The summed E-state index contributed by atoms with van der Waals surface area (Å²) in [4.78, 5) is 7.18. The van der Waals surface area contributed by atoms with Gasteiger partial charge in [0.1, 0.15) is 28.8 Å². The molecular formula is C25H26FN5O2. The van der Waals surface area contributed by atoms with Crippen LogP contribution in [0.5, 0.6) is 0 Å². The van der Waals surface area contributed by atoms with Crippen LogP contribution in [0.3, 0.4) is 0 Å². The summed E-state index contributed by atoms with van der Waals surface area (Å²) in [6.45, 7) is 5.95. The Hall–Kier alpha value is -3.26. The molecular weight excluding hydrogens is 421 g/mol. The molecule has 33 heavy (non-hydrogen) atoms. The summed E-state index contributed by atoms with van der Waals surface area (Å²) in [5.41, 5.74) is 3.80. The average Bonchev–Trinajstić information content (AvgIpc) is 3.46. The number of aliphatic hydroxyl groups is 1. The maximum atomic E-state index is 13.9. The van der Waals surface area contributed by atoms with Crippen molar-refractivity contribution in [2.75, 3.05) is 4.90 Å². The Balaban J connectivity index is 1.44. The van der Waals surface area contributed by atoms with Gasteiger partial charge in [0.05, 0.1) is 5.60 Å². The van der Waals surface area contributed by atoms with Gasteiger partial charge in [0.15, 0.2) is 5.65 Å². The number of anilines is 1. The van der Waals surface area contributed by atoms with E-state index in [0.717, 1.165) is 41.3 Å². The zero-order chi connectivity index (χ0) is 22.9. The molecule has 2 atom stereocenters. The Morgan fingerprint density at radius 3 is 2.48 bits per heavy atom. The first-order valence-corrected chi connectivity index (χ1v) is 11.4. The van der Waals surface area contributed by atoms with Crippen molar-refractivity contribution in [1.29, 1.82) is 0 Å². The summed E-state index contributed by atoms with van der Waals surface area (Å²) >= 11 is 0. The van der Waals surface area contributed by atoms with E-state index < -0.39 is 5.60 Å². The molecule has 0 unspecified atom stereocenters. The Bertz CT molecular complexity index is 1360. The van der Waals surface area contributed by atoms with E-state index in [-0.39, 0.29) is 17.9 Å². The Morgan fingerprint density at radius 2 is 1.82 bits per heavy atom. The number of piperidine rings is 1. The molecule has 0 aliphatic carbocycles. The van der Waals surface area contributed by atoms with Gasteiger partial charge in [-0.2, -0.15) is 9.61 Å². The average molecular weight is 448 g/mol. The van der Waals surface area contributed by atoms with Crippen molar-refractivity contribution in [2.45, 2.75) is 64.1 Å². The molecule has 2 saturated heterocycles. The SMILES string of the molecule is Cc1cc(-c2cc3nc(C)c(C)c(N4[C@H]5CC[C@H]4CC(O)(c4cccc(F)c4)C5)n3n2)no1. The Morgan fingerprint density at radius 1 is 1.06 bits per heavy atom. The minimum Gasteiger partial charge on any atom is -0.385 e.